The van der Waals surface area contributed by atoms with Gasteiger partial charge in [-0.2, -0.15) is 0 Å². The van der Waals surface area contributed by atoms with E-state index in [1.807, 2.05) is 0 Å². The van der Waals surface area contributed by atoms with Crippen molar-refractivity contribution < 1.29 is 28.6 Å². The fraction of sp³-hybridized carbons (Fsp3) is 0.786. The molecule has 0 aromatic rings. The van der Waals surface area contributed by atoms with Gasteiger partial charge >= 0.3 is 5.97 Å². The molecule has 0 aromatic carbocycles. The lowest BCUT2D eigenvalue weighted by Crippen LogP contribution is -2.39. The van der Waals surface area contributed by atoms with E-state index < -0.39 is 23.5 Å². The van der Waals surface area contributed by atoms with Crippen LogP contribution < -0.4 is 5.32 Å². The maximum Gasteiger partial charge on any atom is 0.306 e. The highest BCUT2D eigenvalue weighted by atomic mass is 16.6. The summed E-state index contributed by atoms with van der Waals surface area (Å²) >= 11 is 0. The van der Waals surface area contributed by atoms with E-state index in [2.05, 4.69) is 5.32 Å². The number of ether oxygens (including phenoxy) is 3. The molecule has 1 N–H and O–H groups in total. The van der Waals surface area contributed by atoms with Crippen LogP contribution in [0.2, 0.25) is 0 Å². The molecule has 0 aliphatic rings. The van der Waals surface area contributed by atoms with Crippen molar-refractivity contribution in [2.24, 2.45) is 0 Å². The molecule has 21 heavy (non-hydrogen) atoms. The molecule has 0 radical (unpaired) electrons. The van der Waals surface area contributed by atoms with Gasteiger partial charge in [-0.3, -0.25) is 9.59 Å². The second-order valence-corrected chi connectivity index (χ2v) is 5.48. The summed E-state index contributed by atoms with van der Waals surface area (Å²) in [4.78, 5) is 33.9. The minimum atomic E-state index is -0.726. The predicted molar refractivity (Wildman–Crippen MR) is 75.8 cm³/mol. The van der Waals surface area contributed by atoms with E-state index in [4.69, 9.17) is 14.2 Å². The van der Waals surface area contributed by atoms with Crippen molar-refractivity contribution >= 4 is 18.2 Å². The topological polar surface area (TPSA) is 90.9 Å². The van der Waals surface area contributed by atoms with Crippen LogP contribution in [-0.2, 0) is 28.6 Å². The molecule has 0 aliphatic carbocycles. The zero-order valence-corrected chi connectivity index (χ0v) is 13.1. The number of rotatable bonds is 10. The molecule has 0 spiro atoms. The Morgan fingerprint density at radius 3 is 2.43 bits per heavy atom. The summed E-state index contributed by atoms with van der Waals surface area (Å²) in [6.45, 7) is 5.83. The standard InChI is InChI=1S/C14H25NO6/c1-14(2,3)21-13(18)6-5-11(9-16)15-12(17)10-20-8-7-19-4/h9,11H,5-8,10H2,1-4H3,(H,15,17)/t11-/m0/s1. The van der Waals surface area contributed by atoms with Gasteiger partial charge in [0.15, 0.2) is 0 Å². The predicted octanol–water partition coefficient (Wildman–Crippen LogP) is 0.455. The molecule has 0 saturated heterocycles. The molecule has 0 aliphatic heterocycles. The largest absolute Gasteiger partial charge is 0.460 e. The second kappa shape index (κ2) is 10.3. The van der Waals surface area contributed by atoms with E-state index in [0.717, 1.165) is 0 Å². The van der Waals surface area contributed by atoms with Crippen LogP contribution in [0.5, 0.6) is 0 Å². The summed E-state index contributed by atoms with van der Waals surface area (Å²) in [5.74, 6) is -0.813. The first-order valence-corrected chi connectivity index (χ1v) is 6.81. The minimum Gasteiger partial charge on any atom is -0.460 e. The van der Waals surface area contributed by atoms with Gasteiger partial charge in [-0.05, 0) is 27.2 Å². The highest BCUT2D eigenvalue weighted by molar-refractivity contribution is 5.81. The molecule has 0 heterocycles. The zero-order chi connectivity index (χ0) is 16.3. The van der Waals surface area contributed by atoms with Gasteiger partial charge in [0.2, 0.25) is 5.91 Å². The number of methoxy groups -OCH3 is 1. The third-order valence-corrected chi connectivity index (χ3v) is 2.26. The number of carbonyl (C=O) groups excluding carboxylic acids is 3. The first-order chi connectivity index (χ1) is 9.78. The van der Waals surface area contributed by atoms with Crippen LogP contribution >= 0.6 is 0 Å². The maximum absolute atomic E-state index is 11.5. The normalized spacial score (nSPS) is 12.6. The second-order valence-electron chi connectivity index (χ2n) is 5.48. The number of carbonyl (C=O) groups is 3. The molecular formula is C14H25NO6. The Kier molecular flexibility index (Phi) is 9.56. The van der Waals surface area contributed by atoms with Crippen LogP contribution in [0.1, 0.15) is 33.6 Å². The fourth-order valence-electron chi connectivity index (χ4n) is 1.40. The molecule has 0 aromatic heterocycles. The SMILES string of the molecule is COCCOCC(=O)N[C@H](C=O)CCC(=O)OC(C)(C)C. The van der Waals surface area contributed by atoms with E-state index >= 15 is 0 Å². The number of nitrogens with one attached hydrogen (secondary N) is 1. The molecule has 7 heteroatoms. The summed E-state index contributed by atoms with van der Waals surface area (Å²) in [7, 11) is 1.53. The molecule has 0 bridgehead atoms. The van der Waals surface area contributed by atoms with Crippen LogP contribution in [0.15, 0.2) is 0 Å². The quantitative estimate of drug-likeness (QED) is 0.358. The summed E-state index contributed by atoms with van der Waals surface area (Å²) in [5, 5.41) is 2.48. The lowest BCUT2D eigenvalue weighted by Gasteiger charge is -2.20. The first-order valence-electron chi connectivity index (χ1n) is 6.81. The van der Waals surface area contributed by atoms with Crippen molar-refractivity contribution in [1.29, 1.82) is 0 Å². The van der Waals surface area contributed by atoms with E-state index in [9.17, 15) is 14.4 Å². The lowest BCUT2D eigenvalue weighted by atomic mass is 10.1. The highest BCUT2D eigenvalue weighted by Gasteiger charge is 2.18. The number of amides is 1. The third-order valence-electron chi connectivity index (χ3n) is 2.26. The van der Waals surface area contributed by atoms with E-state index in [-0.39, 0.29) is 19.4 Å². The van der Waals surface area contributed by atoms with Crippen molar-refractivity contribution in [2.75, 3.05) is 26.9 Å². The summed E-state index contributed by atoms with van der Waals surface area (Å²) < 4.78 is 14.9. The molecule has 1 amide bonds. The van der Waals surface area contributed by atoms with Crippen LogP contribution in [0.3, 0.4) is 0 Å². The molecule has 0 fully saturated rings. The number of hydrogen-bond acceptors (Lipinski definition) is 6. The van der Waals surface area contributed by atoms with Gasteiger partial charge in [0.05, 0.1) is 19.3 Å². The molecular weight excluding hydrogens is 278 g/mol. The number of hydrogen-bond donors (Lipinski definition) is 1. The average Bonchev–Trinajstić information content (AvgIpc) is 2.37. The monoisotopic (exact) mass is 303 g/mol. The molecule has 0 rings (SSSR count). The Morgan fingerprint density at radius 2 is 1.90 bits per heavy atom. The third kappa shape index (κ3) is 12.0. The number of aldehydes is 1. The van der Waals surface area contributed by atoms with E-state index in [1.165, 1.54) is 7.11 Å². The fourth-order valence-corrected chi connectivity index (χ4v) is 1.40. The highest BCUT2D eigenvalue weighted by Crippen LogP contribution is 2.09. The molecule has 1 atom stereocenters. The van der Waals surface area contributed by atoms with Crippen molar-refractivity contribution in [2.45, 2.75) is 45.3 Å². The average molecular weight is 303 g/mol. The van der Waals surface area contributed by atoms with Gasteiger partial charge in [-0.25, -0.2) is 0 Å². The zero-order valence-electron chi connectivity index (χ0n) is 13.1. The summed E-state index contributed by atoms with van der Waals surface area (Å²) in [5.41, 5.74) is -0.563. The minimum absolute atomic E-state index is 0.0610. The van der Waals surface area contributed by atoms with Gasteiger partial charge in [0.1, 0.15) is 18.5 Å². The van der Waals surface area contributed by atoms with Crippen LogP contribution in [0, 0.1) is 0 Å². The van der Waals surface area contributed by atoms with Crippen LogP contribution in [0.4, 0.5) is 0 Å². The van der Waals surface area contributed by atoms with Crippen LogP contribution in [0.25, 0.3) is 0 Å². The molecule has 0 saturated carbocycles. The Balaban J connectivity index is 3.97. The number of esters is 1. The Labute approximate surface area is 125 Å². The molecule has 7 nitrogen and oxygen atoms in total. The Hall–Kier alpha value is -1.47. The summed E-state index contributed by atoms with van der Waals surface area (Å²) in [6, 6.07) is -0.726. The first kappa shape index (κ1) is 19.5. The van der Waals surface area contributed by atoms with Gasteiger partial charge in [-0.15, -0.1) is 0 Å². The summed E-state index contributed by atoms with van der Waals surface area (Å²) in [6.07, 6.45) is 0.852. The molecule has 122 valence electrons. The van der Waals surface area contributed by atoms with Gasteiger partial charge in [0.25, 0.3) is 0 Å². The van der Waals surface area contributed by atoms with E-state index in [1.54, 1.807) is 20.8 Å². The maximum atomic E-state index is 11.5. The Morgan fingerprint density at radius 1 is 1.24 bits per heavy atom. The van der Waals surface area contributed by atoms with Crippen molar-refractivity contribution in [3.8, 4) is 0 Å². The lowest BCUT2D eigenvalue weighted by molar-refractivity contribution is -0.155. The van der Waals surface area contributed by atoms with Crippen molar-refractivity contribution in [1.82, 2.24) is 5.32 Å². The smallest absolute Gasteiger partial charge is 0.306 e. The van der Waals surface area contributed by atoms with Crippen molar-refractivity contribution in [3.05, 3.63) is 0 Å². The van der Waals surface area contributed by atoms with Gasteiger partial charge in [-0.1, -0.05) is 0 Å². The van der Waals surface area contributed by atoms with Crippen molar-refractivity contribution in [3.63, 3.8) is 0 Å². The van der Waals surface area contributed by atoms with Gasteiger partial charge in [0, 0.05) is 13.5 Å². The van der Waals surface area contributed by atoms with Gasteiger partial charge < -0.3 is 24.3 Å². The Bertz CT molecular complexity index is 337. The van der Waals surface area contributed by atoms with Crippen LogP contribution in [-0.4, -0.2) is 56.7 Å². The van der Waals surface area contributed by atoms with E-state index in [0.29, 0.717) is 19.5 Å². The molecule has 0 unspecified atom stereocenters.